The van der Waals surface area contributed by atoms with E-state index in [4.69, 9.17) is 9.47 Å². The van der Waals surface area contributed by atoms with Gasteiger partial charge in [0.15, 0.2) is 11.4 Å². The van der Waals surface area contributed by atoms with Gasteiger partial charge in [0.25, 0.3) is 0 Å². The van der Waals surface area contributed by atoms with Crippen molar-refractivity contribution in [2.45, 2.75) is 30.8 Å². The Morgan fingerprint density at radius 2 is 1.63 bits per heavy atom. The Labute approximate surface area is 226 Å². The molecule has 0 saturated carbocycles. The molecule has 4 rings (SSSR count). The molecular formula is C30H31NO6S. The van der Waals surface area contributed by atoms with Gasteiger partial charge in [-0.05, 0) is 74.4 Å². The zero-order valence-electron chi connectivity index (χ0n) is 21.6. The van der Waals surface area contributed by atoms with Crippen molar-refractivity contribution in [3.8, 4) is 11.5 Å². The molecule has 0 radical (unpaired) electrons. The Kier molecular flexibility index (Phi) is 8.42. The molecule has 1 amide bonds. The van der Waals surface area contributed by atoms with Crippen LogP contribution in [0, 0.1) is 11.8 Å². The highest BCUT2D eigenvalue weighted by Crippen LogP contribution is 2.32. The Bertz CT molecular complexity index is 1290. The van der Waals surface area contributed by atoms with Crippen LogP contribution in [0.4, 0.5) is 4.79 Å². The Morgan fingerprint density at radius 3 is 2.29 bits per heavy atom. The molecule has 0 bridgehead atoms. The van der Waals surface area contributed by atoms with Crippen LogP contribution < -0.4 is 9.47 Å². The summed E-state index contributed by atoms with van der Waals surface area (Å²) in [6.45, 7) is 3.59. The molecule has 0 spiro atoms. The Morgan fingerprint density at radius 1 is 0.947 bits per heavy atom. The number of ketones is 1. The fraction of sp³-hybridized carbons (Fsp3) is 0.300. The molecule has 3 aromatic rings. The minimum Gasteiger partial charge on any atom is -0.478 e. The van der Waals surface area contributed by atoms with Crippen molar-refractivity contribution in [1.82, 2.24) is 4.90 Å². The highest BCUT2D eigenvalue weighted by molar-refractivity contribution is 7.98. The Hall–Kier alpha value is -3.78. The smallest absolute Gasteiger partial charge is 0.415 e. The topological polar surface area (TPSA) is 93.1 Å². The molecule has 2 atom stereocenters. The number of benzene rings is 3. The third-order valence-corrected chi connectivity index (χ3v) is 7.39. The zero-order chi connectivity index (χ0) is 27.3. The summed E-state index contributed by atoms with van der Waals surface area (Å²) in [5.74, 6) is -0.778. The van der Waals surface area contributed by atoms with Crippen molar-refractivity contribution in [2.75, 3.05) is 19.3 Å². The van der Waals surface area contributed by atoms with Crippen LogP contribution in [0.5, 0.6) is 11.5 Å². The van der Waals surface area contributed by atoms with Gasteiger partial charge in [-0.1, -0.05) is 42.5 Å². The van der Waals surface area contributed by atoms with Crippen LogP contribution in [-0.2, 0) is 11.2 Å². The number of carbonyl (C=O) groups excluding carboxylic acids is 2. The number of para-hydroxylation sites is 1. The molecule has 1 aliphatic heterocycles. The number of ether oxygens (including phenoxy) is 2. The lowest BCUT2D eigenvalue weighted by atomic mass is 9.84. The minimum absolute atomic E-state index is 0.0166. The fourth-order valence-electron chi connectivity index (χ4n) is 4.52. The highest BCUT2D eigenvalue weighted by atomic mass is 32.2. The van der Waals surface area contributed by atoms with Crippen LogP contribution in [0.15, 0.2) is 83.8 Å². The van der Waals surface area contributed by atoms with Gasteiger partial charge < -0.3 is 19.5 Å². The van der Waals surface area contributed by atoms with Gasteiger partial charge in [0.2, 0.25) is 0 Å². The number of Topliss-reactive ketones (excluding diaryl/α,β-unsaturated/α-hetero) is 1. The summed E-state index contributed by atoms with van der Waals surface area (Å²) >= 11 is 1.61. The SMILES string of the molecule is CSc1ccc(C(=O)C2CN(C(=O)Oc3ccccc3)CC2Cc2cccc(OC(C)(C)C(=O)O)c2)cc1. The number of carboxylic acids is 1. The first-order valence-corrected chi connectivity index (χ1v) is 13.6. The van der Waals surface area contributed by atoms with Gasteiger partial charge >= 0.3 is 12.1 Å². The fourth-order valence-corrected chi connectivity index (χ4v) is 4.93. The van der Waals surface area contributed by atoms with Gasteiger partial charge in [0, 0.05) is 29.5 Å². The molecule has 2 unspecified atom stereocenters. The lowest BCUT2D eigenvalue weighted by Crippen LogP contribution is -2.37. The van der Waals surface area contributed by atoms with Gasteiger partial charge in [-0.2, -0.15) is 0 Å². The van der Waals surface area contributed by atoms with E-state index in [1.807, 2.05) is 42.7 Å². The van der Waals surface area contributed by atoms with E-state index in [9.17, 15) is 19.5 Å². The summed E-state index contributed by atoms with van der Waals surface area (Å²) in [4.78, 5) is 40.8. The monoisotopic (exact) mass is 533 g/mol. The van der Waals surface area contributed by atoms with Crippen LogP contribution in [0.3, 0.4) is 0 Å². The summed E-state index contributed by atoms with van der Waals surface area (Å²) in [6.07, 6.45) is 2.00. The second-order valence-electron chi connectivity index (χ2n) is 9.81. The third kappa shape index (κ3) is 6.55. The van der Waals surface area contributed by atoms with Gasteiger partial charge in [-0.25, -0.2) is 9.59 Å². The average molecular weight is 534 g/mol. The van der Waals surface area contributed by atoms with Crippen molar-refractivity contribution >= 4 is 29.6 Å². The molecule has 7 nitrogen and oxygen atoms in total. The van der Waals surface area contributed by atoms with Crippen LogP contribution in [0.2, 0.25) is 0 Å². The maximum absolute atomic E-state index is 13.6. The van der Waals surface area contributed by atoms with Crippen LogP contribution >= 0.6 is 11.8 Å². The largest absolute Gasteiger partial charge is 0.478 e. The molecular weight excluding hydrogens is 502 g/mol. The highest BCUT2D eigenvalue weighted by Gasteiger charge is 2.40. The first-order chi connectivity index (χ1) is 18.2. The van der Waals surface area contributed by atoms with E-state index >= 15 is 0 Å². The van der Waals surface area contributed by atoms with E-state index < -0.39 is 23.6 Å². The molecule has 8 heteroatoms. The quantitative estimate of drug-likeness (QED) is 0.274. The lowest BCUT2D eigenvalue weighted by Gasteiger charge is -2.22. The lowest BCUT2D eigenvalue weighted by molar-refractivity contribution is -0.152. The number of nitrogens with zero attached hydrogens (tertiary/aromatic N) is 1. The standard InChI is InChI=1S/C30H31NO6S/c1-30(2,28(33)34)37-24-11-7-8-20(17-24)16-22-18-31(29(35)36-23-9-5-4-6-10-23)19-26(22)27(32)21-12-14-25(38-3)15-13-21/h4-15,17,22,26H,16,18-19H2,1-3H3,(H,33,34). The van der Waals surface area contributed by atoms with E-state index in [1.165, 1.54) is 13.8 Å². The van der Waals surface area contributed by atoms with Crippen LogP contribution in [-0.4, -0.2) is 52.8 Å². The van der Waals surface area contributed by atoms with E-state index in [0.29, 0.717) is 30.0 Å². The maximum Gasteiger partial charge on any atom is 0.415 e. The molecule has 198 valence electrons. The number of aliphatic carboxylic acids is 1. The summed E-state index contributed by atoms with van der Waals surface area (Å²) in [5, 5.41) is 9.41. The van der Waals surface area contributed by atoms with Gasteiger partial charge in [-0.15, -0.1) is 11.8 Å². The van der Waals surface area contributed by atoms with Crippen LogP contribution in [0.25, 0.3) is 0 Å². The molecule has 1 N–H and O–H groups in total. The number of hydrogen-bond acceptors (Lipinski definition) is 6. The number of likely N-dealkylation sites (tertiary alicyclic amines) is 1. The molecule has 3 aromatic carbocycles. The molecule has 0 aliphatic carbocycles. The van der Waals surface area contributed by atoms with Crippen molar-refractivity contribution in [1.29, 1.82) is 0 Å². The number of rotatable bonds is 9. The van der Waals surface area contributed by atoms with Crippen molar-refractivity contribution < 1.29 is 29.0 Å². The first-order valence-electron chi connectivity index (χ1n) is 12.4. The van der Waals surface area contributed by atoms with Crippen molar-refractivity contribution in [3.05, 3.63) is 90.0 Å². The van der Waals surface area contributed by atoms with Crippen LogP contribution in [0.1, 0.15) is 29.8 Å². The number of carboxylic acid groups (broad SMARTS) is 1. The van der Waals surface area contributed by atoms with E-state index in [-0.39, 0.29) is 18.2 Å². The molecule has 1 aliphatic rings. The van der Waals surface area contributed by atoms with Crippen molar-refractivity contribution in [3.63, 3.8) is 0 Å². The normalized spacial score (nSPS) is 17.2. The van der Waals surface area contributed by atoms with E-state index in [2.05, 4.69) is 0 Å². The Balaban J connectivity index is 1.56. The summed E-state index contributed by atoms with van der Waals surface area (Å²) < 4.78 is 11.3. The maximum atomic E-state index is 13.6. The van der Waals surface area contributed by atoms with Gasteiger partial charge in [0.05, 0.1) is 0 Å². The predicted molar refractivity (Wildman–Crippen MR) is 146 cm³/mol. The van der Waals surface area contributed by atoms with Gasteiger partial charge in [-0.3, -0.25) is 4.79 Å². The second kappa shape index (κ2) is 11.7. The predicted octanol–water partition coefficient (Wildman–Crippen LogP) is 5.82. The van der Waals surface area contributed by atoms with E-state index in [0.717, 1.165) is 10.5 Å². The number of hydrogen-bond donors (Lipinski definition) is 1. The molecule has 1 saturated heterocycles. The molecule has 0 aromatic heterocycles. The zero-order valence-corrected chi connectivity index (χ0v) is 22.4. The average Bonchev–Trinajstić information content (AvgIpc) is 3.32. The first kappa shape index (κ1) is 27.3. The number of amides is 1. The summed E-state index contributed by atoms with van der Waals surface area (Å²) in [7, 11) is 0. The molecule has 1 fully saturated rings. The van der Waals surface area contributed by atoms with E-state index in [1.54, 1.807) is 59.1 Å². The van der Waals surface area contributed by atoms with Gasteiger partial charge in [0.1, 0.15) is 11.5 Å². The summed E-state index contributed by atoms with van der Waals surface area (Å²) in [5.41, 5.74) is 0.115. The molecule has 1 heterocycles. The van der Waals surface area contributed by atoms with Crippen molar-refractivity contribution in [2.24, 2.45) is 11.8 Å². The molecule has 38 heavy (non-hydrogen) atoms. The number of carbonyl (C=O) groups is 3. The summed E-state index contributed by atoms with van der Waals surface area (Å²) in [6, 6.07) is 23.6. The number of thioether (sulfide) groups is 1. The minimum atomic E-state index is -1.38. The second-order valence-corrected chi connectivity index (χ2v) is 10.7. The third-order valence-electron chi connectivity index (χ3n) is 6.64.